The van der Waals surface area contributed by atoms with Gasteiger partial charge in [-0.25, -0.2) is 4.99 Å². The van der Waals surface area contributed by atoms with Crippen molar-refractivity contribution in [2.75, 3.05) is 19.7 Å². The molecule has 0 heterocycles. The third-order valence-corrected chi connectivity index (χ3v) is 3.11. The molecule has 0 saturated carbocycles. The smallest absolute Gasteiger partial charge is 0.387 e. The van der Waals surface area contributed by atoms with E-state index in [1.54, 1.807) is 19.1 Å². The Bertz CT molecular complexity index is 511. The molecule has 0 radical (unpaired) electrons. The van der Waals surface area contributed by atoms with Crippen molar-refractivity contribution < 1.29 is 18.3 Å². The van der Waals surface area contributed by atoms with Crippen LogP contribution in [0.25, 0.3) is 0 Å². The molecule has 0 spiro atoms. The first kappa shape index (κ1) is 20.0. The summed E-state index contributed by atoms with van der Waals surface area (Å²) in [5.74, 6) is 1.07. The van der Waals surface area contributed by atoms with Crippen LogP contribution in [0, 0.1) is 0 Å². The van der Waals surface area contributed by atoms with Gasteiger partial charge >= 0.3 is 6.61 Å². The number of ether oxygens (including phenoxy) is 2. The van der Waals surface area contributed by atoms with Crippen LogP contribution in [0.4, 0.5) is 8.78 Å². The topological polar surface area (TPSA) is 54.9 Å². The number of rotatable bonds is 10. The van der Waals surface area contributed by atoms with E-state index < -0.39 is 6.61 Å². The number of aliphatic imine (C=N–C) groups is 1. The summed E-state index contributed by atoms with van der Waals surface area (Å²) in [5.41, 5.74) is 0.854. The fourth-order valence-electron chi connectivity index (χ4n) is 2.01. The highest BCUT2D eigenvalue weighted by Crippen LogP contribution is 2.30. The van der Waals surface area contributed by atoms with Crippen LogP contribution in [-0.2, 0) is 6.54 Å². The summed E-state index contributed by atoms with van der Waals surface area (Å²) in [6.07, 6.45) is 2.17. The first-order valence-corrected chi connectivity index (χ1v) is 8.33. The molecule has 0 aliphatic rings. The molecule has 0 saturated heterocycles. The van der Waals surface area contributed by atoms with Gasteiger partial charge in [0, 0.05) is 13.1 Å². The number of alkyl halides is 2. The molecule has 0 aliphatic heterocycles. The molecule has 0 fully saturated rings. The number of hydrogen-bond acceptors (Lipinski definition) is 3. The molecular weight excluding hydrogens is 316 g/mol. The Kier molecular flexibility index (Phi) is 9.56. The number of hydrogen-bond donors (Lipinski definition) is 2. The van der Waals surface area contributed by atoms with Gasteiger partial charge in [0.05, 0.1) is 13.2 Å². The maximum absolute atomic E-state index is 12.4. The predicted octanol–water partition coefficient (Wildman–Crippen LogP) is 3.54. The minimum absolute atomic E-state index is 0.0348. The Labute approximate surface area is 142 Å². The maximum Gasteiger partial charge on any atom is 0.387 e. The lowest BCUT2D eigenvalue weighted by Gasteiger charge is -2.13. The van der Waals surface area contributed by atoms with Crippen LogP contribution in [0.1, 0.15) is 39.2 Å². The molecule has 1 aromatic rings. The van der Waals surface area contributed by atoms with Gasteiger partial charge in [0.25, 0.3) is 0 Å². The number of nitrogens with one attached hydrogen (secondary N) is 2. The van der Waals surface area contributed by atoms with E-state index >= 15 is 0 Å². The largest absolute Gasteiger partial charge is 0.490 e. The zero-order chi connectivity index (χ0) is 17.8. The molecular formula is C17H27F2N3O2. The normalized spacial score (nSPS) is 11.5. The molecule has 0 bridgehead atoms. The van der Waals surface area contributed by atoms with E-state index in [1.165, 1.54) is 6.07 Å². The average Bonchev–Trinajstić information content (AvgIpc) is 2.54. The van der Waals surface area contributed by atoms with Gasteiger partial charge in [-0.05, 0) is 38.0 Å². The van der Waals surface area contributed by atoms with Crippen molar-refractivity contribution in [1.82, 2.24) is 10.6 Å². The highest BCUT2D eigenvalue weighted by atomic mass is 19.3. The quantitative estimate of drug-likeness (QED) is 0.388. The van der Waals surface area contributed by atoms with Crippen LogP contribution in [0.3, 0.4) is 0 Å². The summed E-state index contributed by atoms with van der Waals surface area (Å²) in [4.78, 5) is 4.50. The summed E-state index contributed by atoms with van der Waals surface area (Å²) in [5, 5.41) is 6.43. The van der Waals surface area contributed by atoms with Gasteiger partial charge in [-0.1, -0.05) is 19.4 Å². The fraction of sp³-hybridized carbons (Fsp3) is 0.588. The van der Waals surface area contributed by atoms with Crippen LogP contribution in [0.5, 0.6) is 11.5 Å². The van der Waals surface area contributed by atoms with Crippen molar-refractivity contribution in [1.29, 1.82) is 0 Å². The molecule has 136 valence electrons. The highest BCUT2D eigenvalue weighted by Gasteiger charge is 2.11. The van der Waals surface area contributed by atoms with E-state index in [1.807, 2.05) is 6.92 Å². The van der Waals surface area contributed by atoms with E-state index in [9.17, 15) is 8.78 Å². The molecule has 0 amide bonds. The standard InChI is InChI=1S/C17H27F2N3O2/c1-4-7-10-21-17(20-5-2)22-12-13-8-9-14(24-16(18)19)15(11-13)23-6-3/h8-9,11,16H,4-7,10,12H2,1-3H3,(H2,20,21,22). The molecule has 24 heavy (non-hydrogen) atoms. The van der Waals surface area contributed by atoms with Gasteiger partial charge in [-0.15, -0.1) is 0 Å². The Morgan fingerprint density at radius 2 is 1.96 bits per heavy atom. The van der Waals surface area contributed by atoms with Gasteiger partial charge < -0.3 is 20.1 Å². The monoisotopic (exact) mass is 343 g/mol. The van der Waals surface area contributed by atoms with Crippen molar-refractivity contribution in [3.05, 3.63) is 23.8 Å². The minimum atomic E-state index is -2.88. The SMILES string of the molecule is CCCCNC(=NCc1ccc(OC(F)F)c(OCC)c1)NCC. The third-order valence-electron chi connectivity index (χ3n) is 3.11. The molecule has 1 aromatic carbocycles. The molecule has 0 aromatic heterocycles. The van der Waals surface area contributed by atoms with E-state index in [4.69, 9.17) is 4.74 Å². The lowest BCUT2D eigenvalue weighted by Crippen LogP contribution is -2.37. The van der Waals surface area contributed by atoms with Crippen LogP contribution in [0.15, 0.2) is 23.2 Å². The van der Waals surface area contributed by atoms with Gasteiger partial charge in [-0.3, -0.25) is 0 Å². The lowest BCUT2D eigenvalue weighted by molar-refractivity contribution is -0.0514. The Balaban J connectivity index is 2.80. The summed E-state index contributed by atoms with van der Waals surface area (Å²) in [6.45, 7) is 5.44. The van der Waals surface area contributed by atoms with E-state index in [-0.39, 0.29) is 5.75 Å². The first-order valence-electron chi connectivity index (χ1n) is 8.33. The van der Waals surface area contributed by atoms with E-state index in [2.05, 4.69) is 27.3 Å². The Morgan fingerprint density at radius 1 is 1.17 bits per heavy atom. The molecule has 0 unspecified atom stereocenters. The summed E-state index contributed by atoms with van der Waals surface area (Å²) >= 11 is 0. The van der Waals surface area contributed by atoms with Crippen molar-refractivity contribution in [2.24, 2.45) is 4.99 Å². The average molecular weight is 343 g/mol. The summed E-state index contributed by atoms with van der Waals surface area (Å²) in [7, 11) is 0. The number of benzene rings is 1. The van der Waals surface area contributed by atoms with E-state index in [0.29, 0.717) is 18.9 Å². The fourth-order valence-corrected chi connectivity index (χ4v) is 2.01. The van der Waals surface area contributed by atoms with Crippen LogP contribution in [0.2, 0.25) is 0 Å². The number of guanidine groups is 1. The second-order valence-corrected chi connectivity index (χ2v) is 5.07. The van der Waals surface area contributed by atoms with Gasteiger partial charge in [-0.2, -0.15) is 8.78 Å². The zero-order valence-corrected chi connectivity index (χ0v) is 14.6. The summed E-state index contributed by atoms with van der Waals surface area (Å²) in [6, 6.07) is 4.87. The third kappa shape index (κ3) is 7.48. The maximum atomic E-state index is 12.4. The number of nitrogens with zero attached hydrogens (tertiary/aromatic N) is 1. The zero-order valence-electron chi connectivity index (χ0n) is 14.6. The molecule has 5 nitrogen and oxygen atoms in total. The van der Waals surface area contributed by atoms with Crippen molar-refractivity contribution in [3.63, 3.8) is 0 Å². The van der Waals surface area contributed by atoms with Crippen molar-refractivity contribution in [3.8, 4) is 11.5 Å². The first-order chi connectivity index (χ1) is 11.6. The van der Waals surface area contributed by atoms with Crippen molar-refractivity contribution >= 4 is 5.96 Å². The van der Waals surface area contributed by atoms with Crippen molar-refractivity contribution in [2.45, 2.75) is 46.8 Å². The Hall–Kier alpha value is -2.05. The molecule has 1 rings (SSSR count). The summed E-state index contributed by atoms with van der Waals surface area (Å²) < 4.78 is 34.7. The molecule has 0 atom stereocenters. The van der Waals surface area contributed by atoms with Crippen LogP contribution < -0.4 is 20.1 Å². The molecule has 7 heteroatoms. The highest BCUT2D eigenvalue weighted by molar-refractivity contribution is 5.79. The molecule has 0 aliphatic carbocycles. The second kappa shape index (κ2) is 11.5. The second-order valence-electron chi connectivity index (χ2n) is 5.07. The minimum Gasteiger partial charge on any atom is -0.490 e. The molecule has 2 N–H and O–H groups in total. The lowest BCUT2D eigenvalue weighted by atomic mass is 10.2. The van der Waals surface area contributed by atoms with Crippen LogP contribution in [-0.4, -0.2) is 32.3 Å². The predicted molar refractivity (Wildman–Crippen MR) is 92.0 cm³/mol. The van der Waals surface area contributed by atoms with Gasteiger partial charge in [0.1, 0.15) is 0 Å². The van der Waals surface area contributed by atoms with Gasteiger partial charge in [0.15, 0.2) is 17.5 Å². The number of unbranched alkanes of at least 4 members (excludes halogenated alkanes) is 1. The number of halogens is 2. The van der Waals surface area contributed by atoms with Crippen LogP contribution >= 0.6 is 0 Å². The van der Waals surface area contributed by atoms with E-state index in [0.717, 1.165) is 37.5 Å². The Morgan fingerprint density at radius 3 is 2.58 bits per heavy atom. The van der Waals surface area contributed by atoms with Gasteiger partial charge in [0.2, 0.25) is 0 Å².